The third-order valence-corrected chi connectivity index (χ3v) is 5.39. The molecular weight excluding hydrogens is 386 g/mol. The van der Waals surface area contributed by atoms with E-state index in [1.165, 1.54) is 5.56 Å². The lowest BCUT2D eigenvalue weighted by Crippen LogP contribution is -2.27. The molecule has 31 heavy (non-hydrogen) atoms. The van der Waals surface area contributed by atoms with Crippen LogP contribution < -0.4 is 5.32 Å². The van der Waals surface area contributed by atoms with Crippen LogP contribution in [0.5, 0.6) is 0 Å². The van der Waals surface area contributed by atoms with Gasteiger partial charge in [-0.05, 0) is 37.6 Å². The number of pyridine rings is 1. The van der Waals surface area contributed by atoms with E-state index in [2.05, 4.69) is 15.3 Å². The van der Waals surface area contributed by atoms with E-state index >= 15 is 0 Å². The summed E-state index contributed by atoms with van der Waals surface area (Å²) in [7, 11) is 0. The second-order valence-corrected chi connectivity index (χ2v) is 7.82. The van der Waals surface area contributed by atoms with Crippen molar-refractivity contribution >= 4 is 22.6 Å². The maximum absolute atomic E-state index is 13.3. The van der Waals surface area contributed by atoms with Crippen LogP contribution in [0.25, 0.3) is 27.9 Å². The van der Waals surface area contributed by atoms with Crippen LogP contribution >= 0.6 is 0 Å². The van der Waals surface area contributed by atoms with Crippen LogP contribution in [0.4, 0.5) is 0 Å². The zero-order chi connectivity index (χ0) is 21.4. The van der Waals surface area contributed by atoms with Crippen LogP contribution in [-0.2, 0) is 6.42 Å². The molecule has 0 saturated heterocycles. The molecule has 3 heterocycles. The number of benzene rings is 2. The first-order valence-corrected chi connectivity index (χ1v) is 10.4. The van der Waals surface area contributed by atoms with Crippen molar-refractivity contribution in [1.82, 2.24) is 24.7 Å². The van der Waals surface area contributed by atoms with Crippen molar-refractivity contribution < 1.29 is 4.79 Å². The predicted molar refractivity (Wildman–Crippen MR) is 122 cm³/mol. The van der Waals surface area contributed by atoms with Crippen molar-refractivity contribution in [3.05, 3.63) is 89.5 Å². The first-order chi connectivity index (χ1) is 15.1. The van der Waals surface area contributed by atoms with Gasteiger partial charge in [0.2, 0.25) is 0 Å². The van der Waals surface area contributed by atoms with Gasteiger partial charge in [-0.3, -0.25) is 9.20 Å². The van der Waals surface area contributed by atoms with Crippen LogP contribution in [0.15, 0.2) is 66.9 Å². The topological polar surface area (TPSA) is 75.1 Å². The standard InChI is InChI=1S/C25H23N5O/c1-16-7-10-18(11-8-16)23-24(30-15-17(2)9-12-22(30)29-23)25(31)26-14-13-21-27-19-5-3-4-6-20(19)28-21/h3-12,15H,13-14H2,1-2H3,(H,26,31)(H,27,28). The van der Waals surface area contributed by atoms with E-state index in [1.807, 2.05) is 85.1 Å². The van der Waals surface area contributed by atoms with Crippen molar-refractivity contribution in [3.8, 4) is 11.3 Å². The monoisotopic (exact) mass is 409 g/mol. The molecule has 0 aliphatic carbocycles. The number of fused-ring (bicyclic) bond motifs is 2. The second-order valence-electron chi connectivity index (χ2n) is 7.82. The quantitative estimate of drug-likeness (QED) is 0.450. The van der Waals surface area contributed by atoms with E-state index in [4.69, 9.17) is 4.98 Å². The van der Waals surface area contributed by atoms with Crippen LogP contribution in [0, 0.1) is 13.8 Å². The highest BCUT2D eigenvalue weighted by atomic mass is 16.1. The van der Waals surface area contributed by atoms with E-state index in [9.17, 15) is 4.79 Å². The summed E-state index contributed by atoms with van der Waals surface area (Å²) >= 11 is 0. The van der Waals surface area contributed by atoms with E-state index in [0.29, 0.717) is 24.4 Å². The third kappa shape index (κ3) is 3.68. The van der Waals surface area contributed by atoms with Crippen molar-refractivity contribution in [2.24, 2.45) is 0 Å². The molecule has 0 aliphatic heterocycles. The Hall–Kier alpha value is -3.93. The molecule has 0 radical (unpaired) electrons. The second kappa shape index (κ2) is 7.72. The minimum Gasteiger partial charge on any atom is -0.350 e. The number of H-pyrrole nitrogens is 1. The maximum Gasteiger partial charge on any atom is 0.270 e. The first kappa shape index (κ1) is 19.1. The number of hydrogen-bond acceptors (Lipinski definition) is 3. The summed E-state index contributed by atoms with van der Waals surface area (Å²) < 4.78 is 1.88. The highest BCUT2D eigenvalue weighted by Crippen LogP contribution is 2.25. The van der Waals surface area contributed by atoms with Crippen LogP contribution in [0.1, 0.15) is 27.4 Å². The number of nitrogens with one attached hydrogen (secondary N) is 2. The lowest BCUT2D eigenvalue weighted by molar-refractivity contribution is 0.0949. The minimum absolute atomic E-state index is 0.148. The number of aromatic nitrogens is 4. The number of aromatic amines is 1. The Labute approximate surface area is 180 Å². The number of aryl methyl sites for hydroxylation is 2. The first-order valence-electron chi connectivity index (χ1n) is 10.4. The third-order valence-electron chi connectivity index (χ3n) is 5.39. The molecule has 154 valence electrons. The SMILES string of the molecule is Cc1ccc(-c2nc3ccc(C)cn3c2C(=O)NCCc2nc3ccccc3[nH]2)cc1. The lowest BCUT2D eigenvalue weighted by Gasteiger charge is -2.07. The molecule has 0 aliphatic rings. The smallest absolute Gasteiger partial charge is 0.270 e. The van der Waals surface area contributed by atoms with Gasteiger partial charge in [0.1, 0.15) is 22.9 Å². The zero-order valence-corrected chi connectivity index (χ0v) is 17.5. The molecule has 3 aromatic heterocycles. The van der Waals surface area contributed by atoms with Crippen LogP contribution in [-0.4, -0.2) is 31.8 Å². The van der Waals surface area contributed by atoms with Gasteiger partial charge in [0.05, 0.1) is 11.0 Å². The average molecular weight is 409 g/mol. The number of rotatable bonds is 5. The number of carbonyl (C=O) groups excluding carboxylic acids is 1. The molecule has 0 spiro atoms. The summed E-state index contributed by atoms with van der Waals surface area (Å²) in [5.41, 5.74) is 7.08. The van der Waals surface area contributed by atoms with E-state index < -0.39 is 0 Å². The highest BCUT2D eigenvalue weighted by Gasteiger charge is 2.20. The summed E-state index contributed by atoms with van der Waals surface area (Å²) in [6, 6.07) is 20.0. The van der Waals surface area contributed by atoms with Crippen LogP contribution in [0.3, 0.4) is 0 Å². The molecule has 2 aromatic carbocycles. The molecular formula is C25H23N5O. The molecule has 5 rings (SSSR count). The molecule has 0 fully saturated rings. The van der Waals surface area contributed by atoms with Crippen molar-refractivity contribution in [2.75, 3.05) is 6.54 Å². The number of amides is 1. The summed E-state index contributed by atoms with van der Waals surface area (Å²) in [6.45, 7) is 4.53. The van der Waals surface area contributed by atoms with Gasteiger partial charge in [-0.1, -0.05) is 48.0 Å². The largest absolute Gasteiger partial charge is 0.350 e. The van der Waals surface area contributed by atoms with Gasteiger partial charge in [-0.2, -0.15) is 0 Å². The molecule has 0 bridgehead atoms. The molecule has 6 heteroatoms. The Bertz CT molecular complexity index is 1360. The lowest BCUT2D eigenvalue weighted by atomic mass is 10.1. The normalized spacial score (nSPS) is 11.3. The van der Waals surface area contributed by atoms with Gasteiger partial charge in [0.15, 0.2) is 0 Å². The fraction of sp³-hybridized carbons (Fsp3) is 0.160. The minimum atomic E-state index is -0.148. The fourth-order valence-corrected chi connectivity index (χ4v) is 3.78. The zero-order valence-electron chi connectivity index (χ0n) is 17.5. The maximum atomic E-state index is 13.3. The van der Waals surface area contributed by atoms with E-state index in [1.54, 1.807) is 0 Å². The molecule has 0 saturated carbocycles. The summed E-state index contributed by atoms with van der Waals surface area (Å²) in [4.78, 5) is 25.9. The van der Waals surface area contributed by atoms with Gasteiger partial charge in [0.25, 0.3) is 5.91 Å². The van der Waals surface area contributed by atoms with Gasteiger partial charge in [-0.15, -0.1) is 0 Å². The Morgan fingerprint density at radius 2 is 1.74 bits per heavy atom. The molecule has 2 N–H and O–H groups in total. The summed E-state index contributed by atoms with van der Waals surface area (Å²) in [5, 5.41) is 3.05. The number of nitrogens with zero attached hydrogens (tertiary/aromatic N) is 3. The predicted octanol–water partition coefficient (Wildman–Crippen LogP) is 4.47. The average Bonchev–Trinajstić information content (AvgIpc) is 3.35. The van der Waals surface area contributed by atoms with Gasteiger partial charge in [0, 0.05) is 24.7 Å². The van der Waals surface area contributed by atoms with Crippen molar-refractivity contribution in [2.45, 2.75) is 20.3 Å². The van der Waals surface area contributed by atoms with E-state index in [0.717, 1.165) is 33.6 Å². The highest BCUT2D eigenvalue weighted by molar-refractivity contribution is 5.99. The number of carbonyl (C=O) groups is 1. The van der Waals surface area contributed by atoms with E-state index in [-0.39, 0.29) is 5.91 Å². The van der Waals surface area contributed by atoms with Gasteiger partial charge >= 0.3 is 0 Å². The molecule has 6 nitrogen and oxygen atoms in total. The molecule has 1 amide bonds. The number of imidazole rings is 2. The summed E-state index contributed by atoms with van der Waals surface area (Å²) in [6.07, 6.45) is 2.57. The Morgan fingerprint density at radius 3 is 2.55 bits per heavy atom. The summed E-state index contributed by atoms with van der Waals surface area (Å²) in [5.74, 6) is 0.707. The molecule has 0 atom stereocenters. The van der Waals surface area contributed by atoms with Crippen molar-refractivity contribution in [1.29, 1.82) is 0 Å². The molecule has 0 unspecified atom stereocenters. The van der Waals surface area contributed by atoms with Crippen molar-refractivity contribution in [3.63, 3.8) is 0 Å². The Kier molecular flexibility index (Phi) is 4.75. The Balaban J connectivity index is 1.43. The fourth-order valence-electron chi connectivity index (χ4n) is 3.78. The van der Waals surface area contributed by atoms with Gasteiger partial charge < -0.3 is 10.3 Å². The van der Waals surface area contributed by atoms with Crippen LogP contribution in [0.2, 0.25) is 0 Å². The number of hydrogen-bond donors (Lipinski definition) is 2. The number of para-hydroxylation sites is 2. The molecule has 5 aromatic rings. The Morgan fingerprint density at radius 1 is 0.968 bits per heavy atom. The van der Waals surface area contributed by atoms with Gasteiger partial charge in [-0.25, -0.2) is 9.97 Å².